The maximum atomic E-state index is 14.0. The number of nitrogen functional groups attached to an aromatic ring is 2. The van der Waals surface area contributed by atoms with Crippen molar-refractivity contribution in [2.75, 3.05) is 36.0 Å². The van der Waals surface area contributed by atoms with Crippen LogP contribution in [0.5, 0.6) is 0 Å². The van der Waals surface area contributed by atoms with Crippen molar-refractivity contribution in [1.29, 1.82) is 0 Å². The molecule has 1 fully saturated rings. The molecule has 17 heavy (non-hydrogen) atoms. The van der Waals surface area contributed by atoms with E-state index in [2.05, 4.69) is 5.32 Å². The molecule has 7 heteroatoms. The Morgan fingerprint density at radius 3 is 2.76 bits per heavy atom. The molecule has 0 bridgehead atoms. The molecule has 1 heterocycles. The van der Waals surface area contributed by atoms with E-state index in [1.54, 1.807) is 4.90 Å². The first kappa shape index (κ1) is 11.8. The van der Waals surface area contributed by atoms with Gasteiger partial charge in [0.25, 0.3) is 0 Å². The number of hydrogen-bond donors (Lipinski definition) is 3. The maximum absolute atomic E-state index is 14.0. The molecule has 2 rings (SSSR count). The molecule has 1 aromatic rings. The zero-order valence-electron chi connectivity index (χ0n) is 8.96. The molecule has 1 amide bonds. The van der Waals surface area contributed by atoms with Gasteiger partial charge in [-0.3, -0.25) is 4.79 Å². The van der Waals surface area contributed by atoms with Crippen molar-refractivity contribution < 1.29 is 9.18 Å². The van der Waals surface area contributed by atoms with Crippen LogP contribution in [0.2, 0.25) is 5.02 Å². The van der Waals surface area contributed by atoms with E-state index in [9.17, 15) is 9.18 Å². The number of hydrogen-bond acceptors (Lipinski definition) is 4. The van der Waals surface area contributed by atoms with Gasteiger partial charge in [-0.2, -0.15) is 0 Å². The molecule has 92 valence electrons. The van der Waals surface area contributed by atoms with Crippen molar-refractivity contribution in [2.45, 2.75) is 0 Å². The van der Waals surface area contributed by atoms with Crippen LogP contribution in [0, 0.1) is 5.82 Å². The van der Waals surface area contributed by atoms with Crippen LogP contribution in [0.3, 0.4) is 0 Å². The first-order chi connectivity index (χ1) is 8.00. The van der Waals surface area contributed by atoms with E-state index < -0.39 is 5.82 Å². The fraction of sp³-hybridized carbons (Fsp3) is 0.300. The lowest BCUT2D eigenvalue weighted by atomic mass is 10.2. The molecule has 1 aliphatic heterocycles. The lowest BCUT2D eigenvalue weighted by molar-refractivity contribution is -0.120. The molecule has 1 aromatic carbocycles. The number of nitrogens with two attached hydrogens (primary N) is 2. The fourth-order valence-corrected chi connectivity index (χ4v) is 1.95. The third kappa shape index (κ3) is 2.08. The van der Waals surface area contributed by atoms with E-state index in [-0.39, 0.29) is 34.5 Å². The van der Waals surface area contributed by atoms with E-state index in [0.29, 0.717) is 13.1 Å². The summed E-state index contributed by atoms with van der Waals surface area (Å²) in [5.41, 5.74) is 11.6. The van der Waals surface area contributed by atoms with E-state index in [0.717, 1.165) is 0 Å². The number of nitrogens with one attached hydrogen (secondary N) is 1. The Morgan fingerprint density at radius 1 is 1.41 bits per heavy atom. The Morgan fingerprint density at radius 2 is 2.12 bits per heavy atom. The zero-order valence-corrected chi connectivity index (χ0v) is 9.72. The van der Waals surface area contributed by atoms with Crippen molar-refractivity contribution in [1.82, 2.24) is 5.32 Å². The van der Waals surface area contributed by atoms with Gasteiger partial charge in [-0.15, -0.1) is 0 Å². The molecule has 0 radical (unpaired) electrons. The van der Waals surface area contributed by atoms with Crippen molar-refractivity contribution in [3.8, 4) is 0 Å². The number of carbonyl (C=O) groups excluding carboxylic acids is 1. The number of amides is 1. The monoisotopic (exact) mass is 258 g/mol. The lowest BCUT2D eigenvalue weighted by Crippen LogP contribution is -2.48. The van der Waals surface area contributed by atoms with Crippen LogP contribution in [0.4, 0.5) is 21.5 Å². The van der Waals surface area contributed by atoms with Gasteiger partial charge in [0.1, 0.15) is 5.02 Å². The van der Waals surface area contributed by atoms with Gasteiger partial charge in [-0.05, 0) is 6.07 Å². The molecule has 1 aliphatic rings. The van der Waals surface area contributed by atoms with E-state index in [1.807, 2.05) is 0 Å². The highest BCUT2D eigenvalue weighted by Crippen LogP contribution is 2.36. The summed E-state index contributed by atoms with van der Waals surface area (Å²) in [4.78, 5) is 12.8. The summed E-state index contributed by atoms with van der Waals surface area (Å²) in [6.45, 7) is 0.980. The minimum Gasteiger partial charge on any atom is -0.397 e. The van der Waals surface area contributed by atoms with Gasteiger partial charge in [0.15, 0.2) is 5.82 Å². The number of benzene rings is 1. The number of halogens is 2. The Bertz CT molecular complexity index is 480. The smallest absolute Gasteiger partial charge is 0.239 e. The van der Waals surface area contributed by atoms with Gasteiger partial charge in [0.05, 0.1) is 23.6 Å². The van der Waals surface area contributed by atoms with Crippen LogP contribution in [-0.4, -0.2) is 25.5 Å². The Hall–Kier alpha value is -1.69. The summed E-state index contributed by atoms with van der Waals surface area (Å²) in [6, 6.07) is 1.40. The summed E-state index contributed by atoms with van der Waals surface area (Å²) in [5, 5.41) is 2.48. The molecular weight excluding hydrogens is 247 g/mol. The largest absolute Gasteiger partial charge is 0.397 e. The van der Waals surface area contributed by atoms with Gasteiger partial charge in [-0.1, -0.05) is 11.6 Å². The van der Waals surface area contributed by atoms with Crippen LogP contribution in [0.15, 0.2) is 6.07 Å². The quantitative estimate of drug-likeness (QED) is 0.644. The molecule has 0 atom stereocenters. The van der Waals surface area contributed by atoms with E-state index in [1.165, 1.54) is 6.07 Å². The summed E-state index contributed by atoms with van der Waals surface area (Å²) in [5.74, 6) is -0.859. The third-order valence-electron chi connectivity index (χ3n) is 2.59. The van der Waals surface area contributed by atoms with Gasteiger partial charge in [0.2, 0.25) is 5.91 Å². The molecule has 0 saturated carbocycles. The van der Waals surface area contributed by atoms with Crippen molar-refractivity contribution >= 4 is 34.6 Å². The molecule has 0 spiro atoms. The molecule has 5 N–H and O–H groups in total. The zero-order chi connectivity index (χ0) is 12.6. The first-order valence-electron chi connectivity index (χ1n) is 5.05. The highest BCUT2D eigenvalue weighted by atomic mass is 35.5. The number of nitrogens with zero attached hydrogens (tertiary/aromatic N) is 1. The molecular formula is C10H12ClFN4O. The van der Waals surface area contributed by atoms with Gasteiger partial charge >= 0.3 is 0 Å². The summed E-state index contributed by atoms with van der Waals surface area (Å²) >= 11 is 5.73. The highest BCUT2D eigenvalue weighted by molar-refractivity contribution is 6.33. The Balaban J connectivity index is 2.44. The second-order valence-electron chi connectivity index (χ2n) is 3.80. The maximum Gasteiger partial charge on any atom is 0.239 e. The average molecular weight is 259 g/mol. The van der Waals surface area contributed by atoms with Crippen molar-refractivity contribution in [3.63, 3.8) is 0 Å². The highest BCUT2D eigenvalue weighted by Gasteiger charge is 2.24. The molecule has 5 nitrogen and oxygen atoms in total. The molecule has 0 aliphatic carbocycles. The number of rotatable bonds is 1. The molecule has 1 saturated heterocycles. The Kier molecular flexibility index (Phi) is 2.97. The van der Waals surface area contributed by atoms with E-state index >= 15 is 0 Å². The minimum atomic E-state index is -0.682. The van der Waals surface area contributed by atoms with Gasteiger partial charge < -0.3 is 21.7 Å². The fourth-order valence-electron chi connectivity index (χ4n) is 1.81. The van der Waals surface area contributed by atoms with Crippen LogP contribution in [0.1, 0.15) is 0 Å². The predicted molar refractivity (Wildman–Crippen MR) is 65.5 cm³/mol. The van der Waals surface area contributed by atoms with Crippen molar-refractivity contribution in [2.24, 2.45) is 0 Å². The third-order valence-corrected chi connectivity index (χ3v) is 2.98. The topological polar surface area (TPSA) is 84.4 Å². The van der Waals surface area contributed by atoms with Crippen molar-refractivity contribution in [3.05, 3.63) is 16.9 Å². The molecule has 0 aromatic heterocycles. The van der Waals surface area contributed by atoms with Crippen LogP contribution < -0.4 is 21.7 Å². The predicted octanol–water partition coefficient (Wildman–Crippen LogP) is 0.580. The van der Waals surface area contributed by atoms with Crippen LogP contribution in [-0.2, 0) is 4.79 Å². The number of piperazine rings is 1. The summed E-state index contributed by atoms with van der Waals surface area (Å²) in [7, 11) is 0. The number of carbonyl (C=O) groups is 1. The second-order valence-corrected chi connectivity index (χ2v) is 4.18. The van der Waals surface area contributed by atoms with Gasteiger partial charge in [0, 0.05) is 13.1 Å². The lowest BCUT2D eigenvalue weighted by Gasteiger charge is -2.30. The SMILES string of the molecule is Nc1cc(N)c(N2CCNC(=O)C2)c(F)c1Cl. The average Bonchev–Trinajstić information content (AvgIpc) is 2.26. The summed E-state index contributed by atoms with van der Waals surface area (Å²) in [6.07, 6.45) is 0. The first-order valence-corrected chi connectivity index (χ1v) is 5.43. The minimum absolute atomic E-state index is 0.0569. The number of anilines is 3. The standard InChI is InChI=1S/C10H12ClFN4O/c11-8-5(13)3-6(14)10(9(8)12)16-2-1-15-7(17)4-16/h3H,1-2,4,13-14H2,(H,15,17). The normalized spacial score (nSPS) is 15.9. The Labute approximate surface area is 103 Å². The van der Waals surface area contributed by atoms with Crippen LogP contribution >= 0.6 is 11.6 Å². The summed E-state index contributed by atoms with van der Waals surface area (Å²) < 4.78 is 14.0. The van der Waals surface area contributed by atoms with Gasteiger partial charge in [-0.25, -0.2) is 4.39 Å². The van der Waals surface area contributed by atoms with E-state index in [4.69, 9.17) is 23.1 Å². The molecule has 0 unspecified atom stereocenters. The van der Waals surface area contributed by atoms with Crippen LogP contribution in [0.25, 0.3) is 0 Å². The second kappa shape index (κ2) is 4.29.